The van der Waals surface area contributed by atoms with Crippen molar-refractivity contribution in [1.29, 1.82) is 0 Å². The third-order valence-corrected chi connectivity index (χ3v) is 2.34. The minimum Gasteiger partial charge on any atom is -0.328 e. The Kier molecular flexibility index (Phi) is 4.01. The number of nitrogens with zero attached hydrogens (tertiary/aromatic N) is 2. The van der Waals surface area contributed by atoms with E-state index in [1.165, 1.54) is 0 Å². The summed E-state index contributed by atoms with van der Waals surface area (Å²) in [5, 5.41) is 0. The molecule has 0 amide bonds. The zero-order valence-corrected chi connectivity index (χ0v) is 9.20. The van der Waals surface area contributed by atoms with Crippen LogP contribution >= 0.6 is 0 Å². The second-order valence-corrected chi connectivity index (χ2v) is 3.94. The molecule has 78 valence electrons. The normalized spacial score (nSPS) is 15.1. The van der Waals surface area contributed by atoms with Gasteiger partial charge in [-0.15, -0.1) is 0 Å². The highest BCUT2D eigenvalue weighted by molar-refractivity contribution is 5.08. The van der Waals surface area contributed by atoms with Crippen LogP contribution in [0.1, 0.15) is 44.5 Å². The number of rotatable bonds is 4. The summed E-state index contributed by atoms with van der Waals surface area (Å²) in [6.45, 7) is 6.27. The lowest BCUT2D eigenvalue weighted by Gasteiger charge is -2.08. The van der Waals surface area contributed by atoms with Crippen molar-refractivity contribution in [2.24, 2.45) is 5.73 Å². The summed E-state index contributed by atoms with van der Waals surface area (Å²) in [4.78, 5) is 8.67. The summed E-state index contributed by atoms with van der Waals surface area (Å²) in [6.07, 6.45) is 5.70. The van der Waals surface area contributed by atoms with Gasteiger partial charge in [-0.2, -0.15) is 0 Å². The van der Waals surface area contributed by atoms with Crippen molar-refractivity contribution in [1.82, 2.24) is 9.97 Å². The first-order valence-electron chi connectivity index (χ1n) is 5.19. The molecular weight excluding hydrogens is 174 g/mol. The summed E-state index contributed by atoms with van der Waals surface area (Å²) < 4.78 is 0. The standard InChI is InChI=1S/C11H19N3/c1-4-8(2)11-13-6-10(7-14-11)5-9(3)12/h6-9H,4-5,12H2,1-3H3. The molecule has 2 N–H and O–H groups in total. The average Bonchev–Trinajstić information content (AvgIpc) is 2.17. The predicted octanol–water partition coefficient (Wildman–Crippen LogP) is 1.88. The van der Waals surface area contributed by atoms with Crippen LogP contribution in [-0.2, 0) is 6.42 Å². The lowest BCUT2D eigenvalue weighted by atomic mass is 10.1. The summed E-state index contributed by atoms with van der Waals surface area (Å²) in [5.41, 5.74) is 6.81. The molecule has 0 radical (unpaired) electrons. The molecule has 0 aliphatic heterocycles. The minimum atomic E-state index is 0.174. The van der Waals surface area contributed by atoms with Crippen molar-refractivity contribution >= 4 is 0 Å². The van der Waals surface area contributed by atoms with Gasteiger partial charge in [0.25, 0.3) is 0 Å². The number of aromatic nitrogens is 2. The number of hydrogen-bond donors (Lipinski definition) is 1. The average molecular weight is 193 g/mol. The first-order valence-corrected chi connectivity index (χ1v) is 5.19. The fourth-order valence-corrected chi connectivity index (χ4v) is 1.28. The van der Waals surface area contributed by atoms with Gasteiger partial charge < -0.3 is 5.73 Å². The Morgan fingerprint density at radius 2 is 1.86 bits per heavy atom. The second-order valence-electron chi connectivity index (χ2n) is 3.94. The Labute approximate surface area is 85.8 Å². The SMILES string of the molecule is CCC(C)c1ncc(CC(C)N)cn1. The number of hydrogen-bond acceptors (Lipinski definition) is 3. The van der Waals surface area contributed by atoms with E-state index in [0.29, 0.717) is 5.92 Å². The van der Waals surface area contributed by atoms with Gasteiger partial charge >= 0.3 is 0 Å². The molecule has 0 fully saturated rings. The maximum absolute atomic E-state index is 5.69. The molecule has 0 bridgehead atoms. The molecule has 1 aromatic rings. The summed E-state index contributed by atoms with van der Waals surface area (Å²) in [6, 6.07) is 0.174. The first-order chi connectivity index (χ1) is 6.63. The highest BCUT2D eigenvalue weighted by atomic mass is 14.9. The molecule has 1 rings (SSSR count). The van der Waals surface area contributed by atoms with Crippen molar-refractivity contribution in [2.45, 2.75) is 45.6 Å². The van der Waals surface area contributed by atoms with E-state index in [1.807, 2.05) is 19.3 Å². The van der Waals surface area contributed by atoms with E-state index in [9.17, 15) is 0 Å². The molecule has 1 heterocycles. The van der Waals surface area contributed by atoms with Gasteiger partial charge in [0, 0.05) is 24.4 Å². The highest BCUT2D eigenvalue weighted by Gasteiger charge is 2.06. The molecule has 1 aromatic heterocycles. The van der Waals surface area contributed by atoms with E-state index in [0.717, 1.165) is 24.2 Å². The minimum absolute atomic E-state index is 0.174. The molecular formula is C11H19N3. The Morgan fingerprint density at radius 3 is 2.29 bits per heavy atom. The first kappa shape index (κ1) is 11.1. The molecule has 0 saturated carbocycles. The molecule has 2 unspecified atom stereocenters. The predicted molar refractivity (Wildman–Crippen MR) is 58.1 cm³/mol. The Morgan fingerprint density at radius 1 is 1.29 bits per heavy atom. The van der Waals surface area contributed by atoms with Crippen LogP contribution < -0.4 is 5.73 Å². The molecule has 0 aliphatic rings. The molecule has 3 nitrogen and oxygen atoms in total. The van der Waals surface area contributed by atoms with Crippen LogP contribution in [0.3, 0.4) is 0 Å². The van der Waals surface area contributed by atoms with Crippen molar-refractivity contribution in [3.05, 3.63) is 23.8 Å². The fraction of sp³-hybridized carbons (Fsp3) is 0.636. The topological polar surface area (TPSA) is 51.8 Å². The smallest absolute Gasteiger partial charge is 0.131 e. The third kappa shape index (κ3) is 3.07. The zero-order chi connectivity index (χ0) is 10.6. The van der Waals surface area contributed by atoms with Gasteiger partial charge in [0.1, 0.15) is 5.82 Å². The van der Waals surface area contributed by atoms with E-state index in [2.05, 4.69) is 23.8 Å². The van der Waals surface area contributed by atoms with Crippen molar-refractivity contribution in [2.75, 3.05) is 0 Å². The Bertz CT molecular complexity index is 266. The van der Waals surface area contributed by atoms with E-state index in [1.54, 1.807) is 0 Å². The van der Waals surface area contributed by atoms with Gasteiger partial charge in [0.15, 0.2) is 0 Å². The third-order valence-electron chi connectivity index (χ3n) is 2.34. The molecule has 0 spiro atoms. The van der Waals surface area contributed by atoms with Gasteiger partial charge in [-0.3, -0.25) is 0 Å². The Hall–Kier alpha value is -0.960. The van der Waals surface area contributed by atoms with Gasteiger partial charge in [-0.25, -0.2) is 9.97 Å². The zero-order valence-electron chi connectivity index (χ0n) is 9.20. The summed E-state index contributed by atoms with van der Waals surface area (Å²) in [5.74, 6) is 1.38. The van der Waals surface area contributed by atoms with E-state index >= 15 is 0 Å². The maximum Gasteiger partial charge on any atom is 0.131 e. The van der Waals surface area contributed by atoms with Crippen molar-refractivity contribution < 1.29 is 0 Å². The summed E-state index contributed by atoms with van der Waals surface area (Å²) in [7, 11) is 0. The monoisotopic (exact) mass is 193 g/mol. The number of nitrogens with two attached hydrogens (primary N) is 1. The molecule has 0 aromatic carbocycles. The Balaban J connectivity index is 2.68. The molecule has 3 heteroatoms. The lowest BCUT2D eigenvalue weighted by molar-refractivity contribution is 0.669. The van der Waals surface area contributed by atoms with Crippen LogP contribution in [0.5, 0.6) is 0 Å². The van der Waals surface area contributed by atoms with Crippen molar-refractivity contribution in [3.63, 3.8) is 0 Å². The molecule has 2 atom stereocenters. The van der Waals surface area contributed by atoms with Gasteiger partial charge in [-0.1, -0.05) is 13.8 Å². The van der Waals surface area contributed by atoms with E-state index in [4.69, 9.17) is 5.73 Å². The van der Waals surface area contributed by atoms with Crippen LogP contribution in [0.2, 0.25) is 0 Å². The second kappa shape index (κ2) is 5.05. The quantitative estimate of drug-likeness (QED) is 0.794. The van der Waals surface area contributed by atoms with Crippen LogP contribution in [0.4, 0.5) is 0 Å². The van der Waals surface area contributed by atoms with E-state index in [-0.39, 0.29) is 6.04 Å². The van der Waals surface area contributed by atoms with E-state index < -0.39 is 0 Å². The van der Waals surface area contributed by atoms with Crippen LogP contribution in [-0.4, -0.2) is 16.0 Å². The molecule has 0 aliphatic carbocycles. The lowest BCUT2D eigenvalue weighted by Crippen LogP contribution is -2.18. The van der Waals surface area contributed by atoms with Gasteiger partial charge in [0.05, 0.1) is 0 Å². The van der Waals surface area contributed by atoms with Gasteiger partial charge in [-0.05, 0) is 25.3 Å². The van der Waals surface area contributed by atoms with Crippen LogP contribution in [0.15, 0.2) is 12.4 Å². The molecule has 0 saturated heterocycles. The molecule has 14 heavy (non-hydrogen) atoms. The largest absolute Gasteiger partial charge is 0.328 e. The van der Waals surface area contributed by atoms with Crippen LogP contribution in [0, 0.1) is 0 Å². The maximum atomic E-state index is 5.69. The van der Waals surface area contributed by atoms with Crippen LogP contribution in [0.25, 0.3) is 0 Å². The summed E-state index contributed by atoms with van der Waals surface area (Å²) >= 11 is 0. The highest BCUT2D eigenvalue weighted by Crippen LogP contribution is 2.13. The van der Waals surface area contributed by atoms with Gasteiger partial charge in [0.2, 0.25) is 0 Å². The van der Waals surface area contributed by atoms with Crippen molar-refractivity contribution in [3.8, 4) is 0 Å². The fourth-order valence-electron chi connectivity index (χ4n) is 1.28.